The van der Waals surface area contributed by atoms with Crippen molar-refractivity contribution in [1.29, 1.82) is 0 Å². The monoisotopic (exact) mass is 197 g/mol. The number of hydrogen-bond donors (Lipinski definition) is 3. The highest BCUT2D eigenvalue weighted by molar-refractivity contribution is 5.82. The molecule has 0 aromatic carbocycles. The summed E-state index contributed by atoms with van der Waals surface area (Å²) in [5.74, 6) is -0.436. The van der Waals surface area contributed by atoms with Crippen LogP contribution in [0.2, 0.25) is 0 Å². The van der Waals surface area contributed by atoms with Gasteiger partial charge in [-0.1, -0.05) is 0 Å². The molecule has 0 aliphatic heterocycles. The Balaban J connectivity index is 3.20. The predicted octanol–water partition coefficient (Wildman–Crippen LogP) is -1.26. The van der Waals surface area contributed by atoms with Crippen LogP contribution in [0.1, 0.15) is 0 Å². The highest BCUT2D eigenvalue weighted by atomic mass is 16.5. The fourth-order valence-electron chi connectivity index (χ4n) is 0.799. The highest BCUT2D eigenvalue weighted by Crippen LogP contribution is 2.26. The van der Waals surface area contributed by atoms with Crippen molar-refractivity contribution in [3.05, 3.63) is 0 Å². The Bertz CT molecular complexity index is 367. The minimum atomic E-state index is -0.197. The van der Waals surface area contributed by atoms with Gasteiger partial charge in [-0.15, -0.1) is 0 Å². The van der Waals surface area contributed by atoms with Gasteiger partial charge in [0.2, 0.25) is 12.4 Å². The molecular weight excluding hydrogens is 190 g/mol. The van der Waals surface area contributed by atoms with E-state index in [4.69, 9.17) is 11.5 Å². The molecule has 0 aliphatic rings. The molecule has 74 valence electrons. The molecular formula is C6H7N5O3. The number of nitrogen functional groups attached to an aromatic ring is 2. The summed E-state index contributed by atoms with van der Waals surface area (Å²) >= 11 is 0. The van der Waals surface area contributed by atoms with E-state index in [1.165, 1.54) is 0 Å². The molecule has 0 saturated carbocycles. The number of amides is 1. The van der Waals surface area contributed by atoms with Crippen LogP contribution in [0.4, 0.5) is 17.5 Å². The third-order valence-electron chi connectivity index (χ3n) is 1.28. The first-order chi connectivity index (χ1) is 6.69. The molecule has 8 nitrogen and oxygen atoms in total. The zero-order chi connectivity index (χ0) is 10.6. The van der Waals surface area contributed by atoms with E-state index < -0.39 is 0 Å². The minimum Gasteiger partial charge on any atom is -0.407 e. The maximum absolute atomic E-state index is 10.2. The Hall–Kier alpha value is -2.38. The normalized spacial score (nSPS) is 9.14. The number of nitrogens with zero attached hydrogens (tertiary/aromatic N) is 2. The van der Waals surface area contributed by atoms with E-state index in [2.05, 4.69) is 20.0 Å². The molecule has 14 heavy (non-hydrogen) atoms. The molecule has 0 saturated heterocycles. The summed E-state index contributed by atoms with van der Waals surface area (Å²) in [5, 5.41) is 2.19. The molecule has 0 radical (unpaired) electrons. The largest absolute Gasteiger partial charge is 0.407 e. The molecule has 0 fully saturated rings. The first kappa shape index (κ1) is 9.71. The third-order valence-corrected chi connectivity index (χ3v) is 1.28. The fraction of sp³-hybridized carbons (Fsp3) is 0. The first-order valence-corrected chi connectivity index (χ1v) is 3.42. The van der Waals surface area contributed by atoms with E-state index in [9.17, 15) is 9.59 Å². The van der Waals surface area contributed by atoms with E-state index in [0.29, 0.717) is 6.41 Å². The number of carbonyl (C=O) groups excluding carboxylic acids is 2. The Labute approximate surface area is 78.3 Å². The van der Waals surface area contributed by atoms with Crippen LogP contribution in [-0.2, 0) is 9.59 Å². The summed E-state index contributed by atoms with van der Waals surface area (Å²) in [4.78, 5) is 27.4. The molecule has 1 aromatic heterocycles. The van der Waals surface area contributed by atoms with Gasteiger partial charge < -0.3 is 21.5 Å². The van der Waals surface area contributed by atoms with Crippen LogP contribution in [0, 0.1) is 0 Å². The molecule has 0 bridgehead atoms. The molecule has 0 atom stereocenters. The second-order valence-electron chi connectivity index (χ2n) is 2.12. The van der Waals surface area contributed by atoms with Gasteiger partial charge in [-0.25, -0.2) is 0 Å². The van der Waals surface area contributed by atoms with Crippen LogP contribution >= 0.6 is 0 Å². The molecule has 1 heterocycles. The van der Waals surface area contributed by atoms with Crippen molar-refractivity contribution in [2.75, 3.05) is 16.8 Å². The van der Waals surface area contributed by atoms with Gasteiger partial charge in [0.1, 0.15) is 5.69 Å². The molecule has 8 heteroatoms. The molecule has 0 spiro atoms. The van der Waals surface area contributed by atoms with Crippen LogP contribution in [0.3, 0.4) is 0 Å². The van der Waals surface area contributed by atoms with Gasteiger partial charge in [0.25, 0.3) is 12.4 Å². The zero-order valence-corrected chi connectivity index (χ0v) is 6.93. The van der Waals surface area contributed by atoms with E-state index in [0.717, 1.165) is 0 Å². The molecule has 0 unspecified atom stereocenters. The maximum atomic E-state index is 10.2. The summed E-state index contributed by atoms with van der Waals surface area (Å²) in [6, 6.07) is 0. The smallest absolute Gasteiger partial charge is 0.299 e. The van der Waals surface area contributed by atoms with Crippen LogP contribution in [-0.4, -0.2) is 22.9 Å². The predicted molar refractivity (Wildman–Crippen MR) is 47.2 cm³/mol. The maximum Gasteiger partial charge on any atom is 0.299 e. The first-order valence-electron chi connectivity index (χ1n) is 3.42. The van der Waals surface area contributed by atoms with Gasteiger partial charge in [0, 0.05) is 0 Å². The number of rotatable bonds is 4. The van der Waals surface area contributed by atoms with Crippen molar-refractivity contribution in [3.8, 4) is 5.88 Å². The second-order valence-corrected chi connectivity index (χ2v) is 2.12. The summed E-state index contributed by atoms with van der Waals surface area (Å²) in [7, 11) is 0. The van der Waals surface area contributed by atoms with E-state index in [1.54, 1.807) is 0 Å². The van der Waals surface area contributed by atoms with Gasteiger partial charge in [-0.05, 0) is 0 Å². The van der Waals surface area contributed by atoms with Crippen molar-refractivity contribution in [3.63, 3.8) is 0 Å². The van der Waals surface area contributed by atoms with Crippen molar-refractivity contribution in [2.45, 2.75) is 0 Å². The van der Waals surface area contributed by atoms with E-state index in [1.807, 2.05) is 0 Å². The van der Waals surface area contributed by atoms with Gasteiger partial charge >= 0.3 is 0 Å². The molecule has 1 amide bonds. The van der Waals surface area contributed by atoms with Gasteiger partial charge in [0.15, 0.2) is 5.82 Å². The van der Waals surface area contributed by atoms with Gasteiger partial charge in [0.05, 0.1) is 0 Å². The Morgan fingerprint density at radius 2 is 2.00 bits per heavy atom. The summed E-state index contributed by atoms with van der Waals surface area (Å²) < 4.78 is 4.44. The highest BCUT2D eigenvalue weighted by Gasteiger charge is 2.11. The van der Waals surface area contributed by atoms with Crippen LogP contribution in [0.15, 0.2) is 0 Å². The van der Waals surface area contributed by atoms with Gasteiger partial charge in [-0.2, -0.15) is 9.97 Å². The molecule has 5 N–H and O–H groups in total. The quantitative estimate of drug-likeness (QED) is 0.513. The number of nitrogens with two attached hydrogens (primary N) is 2. The zero-order valence-electron chi connectivity index (χ0n) is 6.93. The average Bonchev–Trinajstić information content (AvgIpc) is 2.11. The number of ether oxygens (including phenoxy) is 1. The average molecular weight is 197 g/mol. The Kier molecular flexibility index (Phi) is 2.79. The lowest BCUT2D eigenvalue weighted by molar-refractivity contribution is -0.121. The summed E-state index contributed by atoms with van der Waals surface area (Å²) in [5.41, 5.74) is 10.6. The topological polar surface area (TPSA) is 133 Å². The Morgan fingerprint density at radius 1 is 1.29 bits per heavy atom. The molecule has 0 aliphatic carbocycles. The van der Waals surface area contributed by atoms with Crippen molar-refractivity contribution in [2.24, 2.45) is 0 Å². The standard InChI is InChI=1S/C6H7N5O3/c7-4-3(9-1-12)5(14-2-13)11-6(8)10-4/h1-2H,(H,9,12)(H4,7,8,10,11). The van der Waals surface area contributed by atoms with E-state index >= 15 is 0 Å². The summed E-state index contributed by atoms with van der Waals surface area (Å²) in [6.45, 7) is 0.136. The van der Waals surface area contributed by atoms with Crippen LogP contribution in [0.25, 0.3) is 0 Å². The van der Waals surface area contributed by atoms with E-state index in [-0.39, 0.29) is 29.8 Å². The number of anilines is 3. The number of hydrogen-bond acceptors (Lipinski definition) is 7. The van der Waals surface area contributed by atoms with Crippen molar-refractivity contribution < 1.29 is 14.3 Å². The fourth-order valence-corrected chi connectivity index (χ4v) is 0.799. The number of nitrogens with one attached hydrogen (secondary N) is 1. The molecule has 1 aromatic rings. The van der Waals surface area contributed by atoms with Crippen LogP contribution < -0.4 is 21.5 Å². The SMILES string of the molecule is Nc1nc(N)c(NC=O)c(OC=O)n1. The van der Waals surface area contributed by atoms with Crippen LogP contribution in [0.5, 0.6) is 5.88 Å². The lowest BCUT2D eigenvalue weighted by Crippen LogP contribution is -2.08. The van der Waals surface area contributed by atoms with Crippen molar-refractivity contribution in [1.82, 2.24) is 9.97 Å². The Morgan fingerprint density at radius 3 is 2.57 bits per heavy atom. The lowest BCUT2D eigenvalue weighted by atomic mass is 10.4. The lowest BCUT2D eigenvalue weighted by Gasteiger charge is -2.07. The minimum absolute atomic E-state index is 0.00120. The second kappa shape index (κ2) is 4.03. The van der Waals surface area contributed by atoms with Crippen molar-refractivity contribution >= 4 is 30.3 Å². The van der Waals surface area contributed by atoms with Gasteiger partial charge in [-0.3, -0.25) is 9.59 Å². The summed E-state index contributed by atoms with van der Waals surface area (Å²) in [6.07, 6.45) is 0.350. The number of aromatic nitrogens is 2. The number of carbonyl (C=O) groups is 2. The molecule has 1 rings (SSSR count). The third kappa shape index (κ3) is 1.86.